The zero-order chi connectivity index (χ0) is 18.8. The smallest absolute Gasteiger partial charge is 0.261 e. The first-order valence-corrected chi connectivity index (χ1v) is 10.9. The van der Waals surface area contributed by atoms with Crippen LogP contribution >= 0.6 is 11.3 Å². The number of amides is 1. The molecule has 0 radical (unpaired) electrons. The maximum Gasteiger partial charge on any atom is 0.261 e. The van der Waals surface area contributed by atoms with Crippen molar-refractivity contribution in [3.05, 3.63) is 29.1 Å². The molecule has 2 aromatic rings. The molecular formula is C22H28N2O2S. The standard InChI is InChI=1S/C22H28N2O2S/c1-21(2,3)26-16-6-4-5-15-13-17(27-18(15)16)20(25)23-19-14-7-11-24(12-8-14)22(19)9-10-22/h4-6,13-14,19H,7-12H2,1-3H3,(H,23,25)/t19-/m0/s1. The molecule has 1 atom stereocenters. The Hall–Kier alpha value is -1.59. The normalized spacial score (nSPS) is 28.5. The van der Waals surface area contributed by atoms with Crippen molar-refractivity contribution in [3.63, 3.8) is 0 Å². The van der Waals surface area contributed by atoms with Gasteiger partial charge in [-0.15, -0.1) is 11.3 Å². The Morgan fingerprint density at radius 3 is 2.67 bits per heavy atom. The maximum absolute atomic E-state index is 13.1. The van der Waals surface area contributed by atoms with Crippen LogP contribution in [0.4, 0.5) is 0 Å². The fraction of sp³-hybridized carbons (Fsp3) is 0.591. The van der Waals surface area contributed by atoms with Gasteiger partial charge in [0, 0.05) is 5.54 Å². The number of hydrogen-bond donors (Lipinski definition) is 1. The Kier molecular flexibility index (Phi) is 3.86. The van der Waals surface area contributed by atoms with Gasteiger partial charge in [-0.3, -0.25) is 9.69 Å². The van der Waals surface area contributed by atoms with Gasteiger partial charge in [-0.2, -0.15) is 0 Å². The SMILES string of the molecule is CC(C)(C)Oc1cccc2cc(C(=O)N[C@H]3C4CCN(CC4)C34CC4)sc12. The van der Waals surface area contributed by atoms with E-state index in [4.69, 9.17) is 4.74 Å². The minimum atomic E-state index is -0.255. The maximum atomic E-state index is 13.1. The molecule has 1 spiro atoms. The van der Waals surface area contributed by atoms with Crippen molar-refractivity contribution in [2.24, 2.45) is 5.92 Å². The number of thiophene rings is 1. The number of benzene rings is 1. The van der Waals surface area contributed by atoms with Crippen LogP contribution in [0.2, 0.25) is 0 Å². The average Bonchev–Trinajstić information content (AvgIpc) is 3.26. The van der Waals surface area contributed by atoms with Crippen molar-refractivity contribution in [2.75, 3.05) is 13.1 Å². The highest BCUT2D eigenvalue weighted by Gasteiger charge is 2.60. The molecule has 3 aliphatic heterocycles. The molecule has 0 unspecified atom stereocenters. The van der Waals surface area contributed by atoms with Crippen LogP contribution in [0.1, 0.15) is 56.1 Å². The third kappa shape index (κ3) is 2.95. The predicted octanol–water partition coefficient (Wildman–Crippen LogP) is 4.44. The predicted molar refractivity (Wildman–Crippen MR) is 110 cm³/mol. The van der Waals surface area contributed by atoms with Gasteiger partial charge in [0.05, 0.1) is 15.6 Å². The van der Waals surface area contributed by atoms with Crippen molar-refractivity contribution in [1.29, 1.82) is 0 Å². The van der Waals surface area contributed by atoms with Gasteiger partial charge in [0.25, 0.3) is 5.91 Å². The van der Waals surface area contributed by atoms with E-state index in [2.05, 4.69) is 37.1 Å². The highest BCUT2D eigenvalue weighted by Crippen LogP contribution is 2.53. The van der Waals surface area contributed by atoms with Gasteiger partial charge in [0.2, 0.25) is 0 Å². The van der Waals surface area contributed by atoms with Crippen LogP contribution < -0.4 is 10.1 Å². The van der Waals surface area contributed by atoms with E-state index in [9.17, 15) is 4.79 Å². The lowest BCUT2D eigenvalue weighted by molar-refractivity contribution is -0.00138. The van der Waals surface area contributed by atoms with E-state index in [1.54, 1.807) is 11.3 Å². The van der Waals surface area contributed by atoms with Gasteiger partial charge < -0.3 is 10.1 Å². The van der Waals surface area contributed by atoms with Gasteiger partial charge in [-0.05, 0) is 83.0 Å². The summed E-state index contributed by atoms with van der Waals surface area (Å²) in [6.45, 7) is 8.58. The van der Waals surface area contributed by atoms with Crippen molar-refractivity contribution < 1.29 is 9.53 Å². The van der Waals surface area contributed by atoms with E-state index in [0.717, 1.165) is 20.7 Å². The van der Waals surface area contributed by atoms with Crippen LogP contribution in [0.3, 0.4) is 0 Å². The van der Waals surface area contributed by atoms with Gasteiger partial charge in [-0.25, -0.2) is 0 Å². The molecule has 144 valence electrons. The minimum absolute atomic E-state index is 0.0860. The number of rotatable bonds is 3. The summed E-state index contributed by atoms with van der Waals surface area (Å²) in [5, 5.41) is 4.52. The molecule has 1 saturated carbocycles. The van der Waals surface area contributed by atoms with Crippen molar-refractivity contribution >= 4 is 27.3 Å². The quantitative estimate of drug-likeness (QED) is 0.851. The van der Waals surface area contributed by atoms with Crippen LogP contribution in [-0.4, -0.2) is 41.1 Å². The van der Waals surface area contributed by atoms with Crippen molar-refractivity contribution in [1.82, 2.24) is 10.2 Å². The zero-order valence-corrected chi connectivity index (χ0v) is 17.2. The summed E-state index contributed by atoms with van der Waals surface area (Å²) >= 11 is 1.55. The molecule has 27 heavy (non-hydrogen) atoms. The summed E-state index contributed by atoms with van der Waals surface area (Å²) < 4.78 is 7.18. The van der Waals surface area contributed by atoms with Gasteiger partial charge >= 0.3 is 0 Å². The number of nitrogens with one attached hydrogen (secondary N) is 1. The summed E-state index contributed by atoms with van der Waals surface area (Å²) in [5.41, 5.74) is 0.0167. The average molecular weight is 385 g/mol. The van der Waals surface area contributed by atoms with Crippen molar-refractivity contribution in [2.45, 2.75) is 63.6 Å². The molecule has 2 bridgehead atoms. The van der Waals surface area contributed by atoms with Crippen LogP contribution in [0, 0.1) is 5.92 Å². The third-order valence-corrected chi connectivity index (χ3v) is 7.58. The van der Waals surface area contributed by atoms with Gasteiger partial charge in [-0.1, -0.05) is 12.1 Å². The van der Waals surface area contributed by atoms with E-state index < -0.39 is 0 Å². The second kappa shape index (κ2) is 5.95. The van der Waals surface area contributed by atoms with E-state index in [0.29, 0.717) is 12.0 Å². The summed E-state index contributed by atoms with van der Waals surface area (Å²) in [7, 11) is 0. The number of nitrogens with zero attached hydrogens (tertiary/aromatic N) is 1. The Morgan fingerprint density at radius 1 is 1.26 bits per heavy atom. The molecule has 4 aliphatic rings. The first kappa shape index (κ1) is 17.5. The second-order valence-corrected chi connectivity index (χ2v) is 10.4. The molecule has 1 N–H and O–H groups in total. The Labute approximate surface area is 164 Å². The fourth-order valence-corrected chi connectivity index (χ4v) is 6.10. The summed E-state index contributed by atoms with van der Waals surface area (Å²) in [5.74, 6) is 1.60. The summed E-state index contributed by atoms with van der Waals surface area (Å²) in [6.07, 6.45) is 4.93. The minimum Gasteiger partial charge on any atom is -0.487 e. The lowest BCUT2D eigenvalue weighted by atomic mass is 9.77. The zero-order valence-electron chi connectivity index (χ0n) is 16.4. The summed E-state index contributed by atoms with van der Waals surface area (Å²) in [6, 6.07) is 8.41. The topological polar surface area (TPSA) is 41.6 Å². The first-order valence-electron chi connectivity index (χ1n) is 10.1. The molecular weight excluding hydrogens is 356 g/mol. The first-order chi connectivity index (χ1) is 12.9. The molecule has 1 amide bonds. The third-order valence-electron chi connectivity index (χ3n) is 6.42. The molecule has 1 aromatic carbocycles. The van der Waals surface area contributed by atoms with E-state index in [1.807, 2.05) is 18.2 Å². The van der Waals surface area contributed by atoms with E-state index >= 15 is 0 Å². The number of fused-ring (bicyclic) bond motifs is 3. The fourth-order valence-electron chi connectivity index (χ4n) is 5.09. The van der Waals surface area contributed by atoms with Crippen LogP contribution in [-0.2, 0) is 0 Å². The molecule has 4 nitrogen and oxygen atoms in total. The molecule has 4 fully saturated rings. The number of carbonyl (C=O) groups is 1. The van der Waals surface area contributed by atoms with Crippen molar-refractivity contribution in [3.8, 4) is 5.75 Å². The molecule has 1 aliphatic carbocycles. The molecule has 6 rings (SSSR count). The van der Waals surface area contributed by atoms with Crippen LogP contribution in [0.15, 0.2) is 24.3 Å². The highest BCUT2D eigenvalue weighted by atomic mass is 32.1. The largest absolute Gasteiger partial charge is 0.487 e. The Morgan fingerprint density at radius 2 is 2.00 bits per heavy atom. The monoisotopic (exact) mass is 384 g/mol. The summed E-state index contributed by atoms with van der Waals surface area (Å²) in [4.78, 5) is 16.5. The number of carbonyl (C=O) groups excluding carboxylic acids is 1. The van der Waals surface area contributed by atoms with Gasteiger partial charge in [0.15, 0.2) is 0 Å². The Balaban J connectivity index is 1.41. The second-order valence-electron chi connectivity index (χ2n) is 9.38. The number of piperidine rings is 3. The molecule has 5 heteroatoms. The molecule has 1 aromatic heterocycles. The number of hydrogen-bond acceptors (Lipinski definition) is 4. The van der Waals surface area contributed by atoms with E-state index in [-0.39, 0.29) is 17.0 Å². The van der Waals surface area contributed by atoms with Gasteiger partial charge in [0.1, 0.15) is 11.4 Å². The lowest BCUT2D eigenvalue weighted by Gasteiger charge is -2.52. The van der Waals surface area contributed by atoms with Crippen LogP contribution in [0.25, 0.3) is 10.1 Å². The van der Waals surface area contributed by atoms with E-state index in [1.165, 1.54) is 38.8 Å². The van der Waals surface area contributed by atoms with Crippen LogP contribution in [0.5, 0.6) is 5.75 Å². The lowest BCUT2D eigenvalue weighted by Crippen LogP contribution is -2.65. The number of ether oxygens (including phenoxy) is 1. The Bertz CT molecular complexity index is 885. The molecule has 4 heterocycles. The molecule has 3 saturated heterocycles. The highest BCUT2D eigenvalue weighted by molar-refractivity contribution is 7.21.